The standard InChI is InChI=1S/C10H17N3/c1-4-5-10(11-2)13-8-6-12(3)7-9-13/h4-5H,1-2,6-9H2,3H3. The second-order valence-corrected chi connectivity index (χ2v) is 3.21. The molecule has 0 radical (unpaired) electrons. The zero-order chi connectivity index (χ0) is 9.68. The molecule has 0 atom stereocenters. The number of hydrogen-bond acceptors (Lipinski definition) is 3. The van der Waals surface area contributed by atoms with Crippen molar-refractivity contribution in [3.05, 3.63) is 24.6 Å². The minimum Gasteiger partial charge on any atom is -0.354 e. The van der Waals surface area contributed by atoms with Crippen LogP contribution in [0.2, 0.25) is 0 Å². The zero-order valence-electron chi connectivity index (χ0n) is 8.24. The number of aliphatic imine (C=N–C) groups is 1. The fourth-order valence-electron chi connectivity index (χ4n) is 1.40. The van der Waals surface area contributed by atoms with Crippen LogP contribution in [0.1, 0.15) is 0 Å². The summed E-state index contributed by atoms with van der Waals surface area (Å²) in [5, 5.41) is 0. The minimum atomic E-state index is 0.933. The summed E-state index contributed by atoms with van der Waals surface area (Å²) < 4.78 is 0. The first-order chi connectivity index (χ1) is 6.27. The van der Waals surface area contributed by atoms with E-state index in [2.05, 4.69) is 35.1 Å². The second kappa shape index (κ2) is 4.82. The molecule has 1 heterocycles. The fraction of sp³-hybridized carbons (Fsp3) is 0.500. The summed E-state index contributed by atoms with van der Waals surface area (Å²) in [4.78, 5) is 8.52. The van der Waals surface area contributed by atoms with E-state index in [-0.39, 0.29) is 0 Å². The Morgan fingerprint density at radius 1 is 1.31 bits per heavy atom. The number of rotatable bonds is 3. The van der Waals surface area contributed by atoms with Gasteiger partial charge < -0.3 is 9.80 Å². The first-order valence-corrected chi connectivity index (χ1v) is 4.51. The van der Waals surface area contributed by atoms with Gasteiger partial charge in [0, 0.05) is 26.2 Å². The molecule has 0 unspecified atom stereocenters. The molecule has 0 bridgehead atoms. The summed E-state index contributed by atoms with van der Waals surface area (Å²) in [6.45, 7) is 11.4. The van der Waals surface area contributed by atoms with E-state index in [9.17, 15) is 0 Å². The highest BCUT2D eigenvalue weighted by Crippen LogP contribution is 2.09. The molecule has 0 N–H and O–H groups in total. The molecule has 0 amide bonds. The van der Waals surface area contributed by atoms with Gasteiger partial charge in [0.2, 0.25) is 0 Å². The molecule has 0 aromatic carbocycles. The van der Waals surface area contributed by atoms with Crippen LogP contribution in [0.5, 0.6) is 0 Å². The summed E-state index contributed by atoms with van der Waals surface area (Å²) in [7, 11) is 2.13. The van der Waals surface area contributed by atoms with E-state index in [0.717, 1.165) is 32.0 Å². The van der Waals surface area contributed by atoms with Crippen molar-refractivity contribution >= 4 is 6.72 Å². The molecule has 13 heavy (non-hydrogen) atoms. The number of hydrogen-bond donors (Lipinski definition) is 0. The molecule has 0 aromatic heterocycles. The molecule has 0 saturated carbocycles. The highest BCUT2D eigenvalue weighted by Gasteiger charge is 2.14. The highest BCUT2D eigenvalue weighted by atomic mass is 15.3. The van der Waals surface area contributed by atoms with Crippen LogP contribution in [0.4, 0.5) is 0 Å². The first-order valence-electron chi connectivity index (χ1n) is 4.51. The average Bonchev–Trinajstić information content (AvgIpc) is 2.16. The summed E-state index contributed by atoms with van der Waals surface area (Å²) >= 11 is 0. The lowest BCUT2D eigenvalue weighted by Gasteiger charge is -2.33. The van der Waals surface area contributed by atoms with Gasteiger partial charge in [0.15, 0.2) is 0 Å². The van der Waals surface area contributed by atoms with Crippen molar-refractivity contribution in [1.29, 1.82) is 0 Å². The molecule has 3 nitrogen and oxygen atoms in total. The van der Waals surface area contributed by atoms with Gasteiger partial charge in [-0.2, -0.15) is 0 Å². The maximum Gasteiger partial charge on any atom is 0.127 e. The quantitative estimate of drug-likeness (QED) is 0.475. The Labute approximate surface area is 80.1 Å². The van der Waals surface area contributed by atoms with Gasteiger partial charge in [-0.25, -0.2) is 4.99 Å². The molecule has 1 aliphatic heterocycles. The van der Waals surface area contributed by atoms with Gasteiger partial charge in [-0.3, -0.25) is 0 Å². The Morgan fingerprint density at radius 3 is 2.38 bits per heavy atom. The van der Waals surface area contributed by atoms with Gasteiger partial charge in [0.1, 0.15) is 5.82 Å². The summed E-state index contributed by atoms with van der Waals surface area (Å²) in [5.74, 6) is 0.933. The Kier molecular flexibility index (Phi) is 3.71. The number of likely N-dealkylation sites (N-methyl/N-ethyl adjacent to an activating group) is 1. The van der Waals surface area contributed by atoms with Crippen molar-refractivity contribution in [1.82, 2.24) is 9.80 Å². The molecule has 1 fully saturated rings. The van der Waals surface area contributed by atoms with E-state index >= 15 is 0 Å². The van der Waals surface area contributed by atoms with Crippen LogP contribution in [0.3, 0.4) is 0 Å². The molecule has 0 aliphatic carbocycles. The van der Waals surface area contributed by atoms with Crippen LogP contribution in [-0.2, 0) is 0 Å². The van der Waals surface area contributed by atoms with E-state index in [0.29, 0.717) is 0 Å². The van der Waals surface area contributed by atoms with Gasteiger partial charge in [-0.1, -0.05) is 12.7 Å². The molecular formula is C10H17N3. The summed E-state index contributed by atoms with van der Waals surface area (Å²) in [6.07, 6.45) is 3.65. The largest absolute Gasteiger partial charge is 0.354 e. The predicted molar refractivity (Wildman–Crippen MR) is 56.9 cm³/mol. The van der Waals surface area contributed by atoms with Crippen molar-refractivity contribution in [2.75, 3.05) is 33.2 Å². The van der Waals surface area contributed by atoms with Gasteiger partial charge in [-0.15, -0.1) is 0 Å². The van der Waals surface area contributed by atoms with Gasteiger partial charge in [0.25, 0.3) is 0 Å². The van der Waals surface area contributed by atoms with E-state index < -0.39 is 0 Å². The third kappa shape index (κ3) is 2.70. The van der Waals surface area contributed by atoms with Crippen molar-refractivity contribution in [3.8, 4) is 0 Å². The van der Waals surface area contributed by atoms with E-state index in [1.54, 1.807) is 6.08 Å². The molecule has 3 heteroatoms. The normalized spacial score (nSPS) is 20.1. The average molecular weight is 179 g/mol. The number of nitrogens with zero attached hydrogens (tertiary/aromatic N) is 3. The van der Waals surface area contributed by atoms with Gasteiger partial charge >= 0.3 is 0 Å². The maximum absolute atomic E-state index is 3.97. The van der Waals surface area contributed by atoms with E-state index in [1.165, 1.54) is 0 Å². The van der Waals surface area contributed by atoms with Crippen molar-refractivity contribution in [2.24, 2.45) is 4.99 Å². The molecule has 0 spiro atoms. The molecule has 0 aromatic rings. The fourth-order valence-corrected chi connectivity index (χ4v) is 1.40. The van der Waals surface area contributed by atoms with E-state index in [4.69, 9.17) is 0 Å². The van der Waals surface area contributed by atoms with Crippen LogP contribution in [-0.4, -0.2) is 49.7 Å². The highest BCUT2D eigenvalue weighted by molar-refractivity contribution is 5.29. The Bertz CT molecular complexity index is 212. The lowest BCUT2D eigenvalue weighted by molar-refractivity contribution is 0.185. The molecular weight excluding hydrogens is 162 g/mol. The lowest BCUT2D eigenvalue weighted by atomic mass is 10.3. The Hall–Kier alpha value is -1.09. The number of allylic oxidation sites excluding steroid dienone is 2. The van der Waals surface area contributed by atoms with Crippen molar-refractivity contribution in [3.63, 3.8) is 0 Å². The van der Waals surface area contributed by atoms with Crippen LogP contribution in [0.25, 0.3) is 0 Å². The number of piperazine rings is 1. The van der Waals surface area contributed by atoms with Gasteiger partial charge in [0.05, 0.1) is 0 Å². The first kappa shape index (κ1) is 9.99. The second-order valence-electron chi connectivity index (χ2n) is 3.21. The van der Waals surface area contributed by atoms with Crippen LogP contribution in [0.15, 0.2) is 29.5 Å². The SMILES string of the molecule is C=CC=C(N=C)N1CCN(C)CC1. The van der Waals surface area contributed by atoms with Crippen LogP contribution in [0, 0.1) is 0 Å². The maximum atomic E-state index is 3.97. The lowest BCUT2D eigenvalue weighted by Crippen LogP contribution is -2.43. The smallest absolute Gasteiger partial charge is 0.127 e. The monoisotopic (exact) mass is 179 g/mol. The third-order valence-electron chi connectivity index (χ3n) is 2.26. The molecule has 1 aliphatic rings. The van der Waals surface area contributed by atoms with Crippen molar-refractivity contribution in [2.45, 2.75) is 0 Å². The molecule has 72 valence electrons. The summed E-state index contributed by atoms with van der Waals surface area (Å²) in [6, 6.07) is 0. The third-order valence-corrected chi connectivity index (χ3v) is 2.26. The van der Waals surface area contributed by atoms with Crippen molar-refractivity contribution < 1.29 is 0 Å². The predicted octanol–water partition coefficient (Wildman–Crippen LogP) is 0.962. The van der Waals surface area contributed by atoms with Crippen LogP contribution < -0.4 is 0 Å². The Balaban J connectivity index is 2.56. The summed E-state index contributed by atoms with van der Waals surface area (Å²) in [5.41, 5.74) is 0. The topological polar surface area (TPSA) is 18.8 Å². The van der Waals surface area contributed by atoms with Gasteiger partial charge in [-0.05, 0) is 19.8 Å². The van der Waals surface area contributed by atoms with Crippen LogP contribution >= 0.6 is 0 Å². The zero-order valence-corrected chi connectivity index (χ0v) is 8.24. The van der Waals surface area contributed by atoms with E-state index in [1.807, 2.05) is 6.08 Å². The Morgan fingerprint density at radius 2 is 1.92 bits per heavy atom. The molecule has 1 rings (SSSR count). The minimum absolute atomic E-state index is 0.933. The molecule has 1 saturated heterocycles.